The zero-order chi connectivity index (χ0) is 12.0. The highest BCUT2D eigenvalue weighted by atomic mass is 79.9. The smallest absolute Gasteiger partial charge is 0.254 e. The average Bonchev–Trinajstić information content (AvgIpc) is 2.29. The Kier molecular flexibility index (Phi) is 5.46. The molecule has 0 radical (unpaired) electrons. The third kappa shape index (κ3) is 3.93. The molecule has 0 spiro atoms. The van der Waals surface area contributed by atoms with Gasteiger partial charge in [0.1, 0.15) is 5.82 Å². The van der Waals surface area contributed by atoms with Gasteiger partial charge in [0, 0.05) is 11.4 Å². The van der Waals surface area contributed by atoms with Gasteiger partial charge in [0.15, 0.2) is 0 Å². The van der Waals surface area contributed by atoms with E-state index < -0.39 is 5.82 Å². The minimum Gasteiger partial charge on any atom is -0.352 e. The number of nitrogens with one attached hydrogen (secondary N) is 1. The Bertz CT molecular complexity index is 357. The Morgan fingerprint density at radius 1 is 1.50 bits per heavy atom. The quantitative estimate of drug-likeness (QED) is 0.829. The summed E-state index contributed by atoms with van der Waals surface area (Å²) in [5.41, 5.74) is 0.102. The van der Waals surface area contributed by atoms with E-state index in [-0.39, 0.29) is 11.5 Å². The number of alkyl halides is 1. The van der Waals surface area contributed by atoms with Gasteiger partial charge in [-0.15, -0.1) is 0 Å². The molecule has 0 heterocycles. The molecule has 4 heteroatoms. The molecule has 0 bridgehead atoms. The Morgan fingerprint density at radius 3 is 2.81 bits per heavy atom. The first-order chi connectivity index (χ1) is 7.65. The molecule has 2 nitrogen and oxygen atoms in total. The Hall–Kier alpha value is -0.900. The van der Waals surface area contributed by atoms with Crippen LogP contribution in [0.15, 0.2) is 24.3 Å². The molecule has 0 aliphatic carbocycles. The second-order valence-electron chi connectivity index (χ2n) is 3.53. The lowest BCUT2D eigenvalue weighted by atomic mass is 10.2. The molecule has 1 rings (SSSR count). The molecule has 88 valence electrons. The van der Waals surface area contributed by atoms with Gasteiger partial charge >= 0.3 is 0 Å². The van der Waals surface area contributed by atoms with E-state index in [4.69, 9.17) is 0 Å². The number of halogens is 2. The van der Waals surface area contributed by atoms with Crippen LogP contribution in [0.3, 0.4) is 0 Å². The number of benzene rings is 1. The lowest BCUT2D eigenvalue weighted by Crippen LogP contribution is -2.26. The number of amides is 1. The van der Waals surface area contributed by atoms with Crippen molar-refractivity contribution in [2.75, 3.05) is 6.54 Å². The standard InChI is InChI=1S/C12H15BrFNO/c1-2-9(13)7-8-15-12(16)10-5-3-4-6-11(10)14/h3-6,9H,2,7-8H2,1H3,(H,15,16). The van der Waals surface area contributed by atoms with Crippen molar-refractivity contribution in [1.82, 2.24) is 5.32 Å². The van der Waals surface area contributed by atoms with Crippen LogP contribution in [-0.2, 0) is 0 Å². The molecule has 1 N–H and O–H groups in total. The largest absolute Gasteiger partial charge is 0.352 e. The average molecular weight is 288 g/mol. The summed E-state index contributed by atoms with van der Waals surface area (Å²) in [5.74, 6) is -0.834. The molecule has 0 saturated carbocycles. The molecular weight excluding hydrogens is 273 g/mol. The maximum Gasteiger partial charge on any atom is 0.254 e. The van der Waals surface area contributed by atoms with Crippen molar-refractivity contribution in [3.05, 3.63) is 35.6 Å². The molecule has 1 atom stereocenters. The first-order valence-corrected chi connectivity index (χ1v) is 6.23. The van der Waals surface area contributed by atoms with Crippen molar-refractivity contribution in [3.63, 3.8) is 0 Å². The van der Waals surface area contributed by atoms with Gasteiger partial charge in [0.25, 0.3) is 5.91 Å². The zero-order valence-corrected chi connectivity index (χ0v) is 10.8. The number of carbonyl (C=O) groups excluding carboxylic acids is 1. The van der Waals surface area contributed by atoms with Crippen molar-refractivity contribution in [1.29, 1.82) is 0 Å². The normalized spacial score (nSPS) is 12.2. The van der Waals surface area contributed by atoms with Crippen LogP contribution in [0.5, 0.6) is 0 Å². The highest BCUT2D eigenvalue weighted by Gasteiger charge is 2.10. The van der Waals surface area contributed by atoms with E-state index >= 15 is 0 Å². The maximum absolute atomic E-state index is 13.2. The van der Waals surface area contributed by atoms with E-state index in [9.17, 15) is 9.18 Å². The fourth-order valence-electron chi connectivity index (χ4n) is 1.29. The van der Waals surface area contributed by atoms with Crippen LogP contribution in [0.25, 0.3) is 0 Å². The first kappa shape index (κ1) is 13.2. The fraction of sp³-hybridized carbons (Fsp3) is 0.417. The van der Waals surface area contributed by atoms with Crippen LogP contribution >= 0.6 is 15.9 Å². The second kappa shape index (κ2) is 6.63. The van der Waals surface area contributed by atoms with E-state index in [1.807, 2.05) is 0 Å². The van der Waals surface area contributed by atoms with E-state index in [1.165, 1.54) is 12.1 Å². The van der Waals surface area contributed by atoms with Crippen LogP contribution in [0, 0.1) is 5.82 Å². The second-order valence-corrected chi connectivity index (χ2v) is 4.82. The SMILES string of the molecule is CCC(Br)CCNC(=O)c1ccccc1F. The first-order valence-electron chi connectivity index (χ1n) is 5.32. The summed E-state index contributed by atoms with van der Waals surface area (Å²) in [5, 5.41) is 2.70. The van der Waals surface area contributed by atoms with Crippen LogP contribution in [0.1, 0.15) is 30.1 Å². The van der Waals surface area contributed by atoms with E-state index in [1.54, 1.807) is 12.1 Å². The number of rotatable bonds is 5. The van der Waals surface area contributed by atoms with Gasteiger partial charge in [0.05, 0.1) is 5.56 Å². The lowest BCUT2D eigenvalue weighted by Gasteiger charge is -2.08. The molecule has 0 saturated heterocycles. The summed E-state index contributed by atoms with van der Waals surface area (Å²) in [6.45, 7) is 2.62. The minimum atomic E-state index is -0.481. The number of carbonyl (C=O) groups is 1. The molecule has 0 aliphatic heterocycles. The van der Waals surface area contributed by atoms with E-state index in [2.05, 4.69) is 28.2 Å². The van der Waals surface area contributed by atoms with Crippen molar-refractivity contribution >= 4 is 21.8 Å². The van der Waals surface area contributed by atoms with Gasteiger partial charge in [0.2, 0.25) is 0 Å². The molecule has 0 aromatic heterocycles. The molecule has 1 unspecified atom stereocenters. The van der Waals surface area contributed by atoms with Crippen molar-refractivity contribution in [2.24, 2.45) is 0 Å². The topological polar surface area (TPSA) is 29.1 Å². The van der Waals surface area contributed by atoms with Crippen molar-refractivity contribution in [3.8, 4) is 0 Å². The number of hydrogen-bond acceptors (Lipinski definition) is 1. The van der Waals surface area contributed by atoms with Crippen LogP contribution in [-0.4, -0.2) is 17.3 Å². The Labute approximate surface area is 103 Å². The van der Waals surface area contributed by atoms with Crippen molar-refractivity contribution in [2.45, 2.75) is 24.6 Å². The van der Waals surface area contributed by atoms with Gasteiger partial charge in [-0.05, 0) is 25.0 Å². The molecule has 16 heavy (non-hydrogen) atoms. The monoisotopic (exact) mass is 287 g/mol. The Balaban J connectivity index is 2.44. The summed E-state index contributed by atoms with van der Waals surface area (Å²) in [4.78, 5) is 12.0. The minimum absolute atomic E-state index is 0.102. The summed E-state index contributed by atoms with van der Waals surface area (Å²) in [6.07, 6.45) is 1.85. The third-order valence-electron chi connectivity index (χ3n) is 2.30. The van der Waals surface area contributed by atoms with Gasteiger partial charge in [-0.25, -0.2) is 4.39 Å². The van der Waals surface area contributed by atoms with E-state index in [0.29, 0.717) is 11.4 Å². The number of hydrogen-bond donors (Lipinski definition) is 1. The molecule has 1 aromatic rings. The lowest BCUT2D eigenvalue weighted by molar-refractivity contribution is 0.0949. The van der Waals surface area contributed by atoms with Crippen LogP contribution < -0.4 is 5.32 Å². The Morgan fingerprint density at radius 2 is 2.19 bits per heavy atom. The zero-order valence-electron chi connectivity index (χ0n) is 9.17. The third-order valence-corrected chi connectivity index (χ3v) is 3.41. The molecule has 1 amide bonds. The molecule has 1 aromatic carbocycles. The maximum atomic E-state index is 13.2. The fourth-order valence-corrected chi connectivity index (χ4v) is 1.52. The van der Waals surface area contributed by atoms with Gasteiger partial charge in [-0.3, -0.25) is 4.79 Å². The molecule has 0 aliphatic rings. The summed E-state index contributed by atoms with van der Waals surface area (Å²) >= 11 is 3.47. The van der Waals surface area contributed by atoms with Crippen LogP contribution in [0.4, 0.5) is 4.39 Å². The van der Waals surface area contributed by atoms with Gasteiger partial charge in [-0.2, -0.15) is 0 Å². The summed E-state index contributed by atoms with van der Waals surface area (Å²) < 4.78 is 13.2. The van der Waals surface area contributed by atoms with Gasteiger partial charge in [-0.1, -0.05) is 35.0 Å². The molecule has 0 fully saturated rings. The summed E-state index contributed by atoms with van der Waals surface area (Å²) in [7, 11) is 0. The summed E-state index contributed by atoms with van der Waals surface area (Å²) in [6, 6.07) is 5.99. The van der Waals surface area contributed by atoms with Gasteiger partial charge < -0.3 is 5.32 Å². The van der Waals surface area contributed by atoms with E-state index in [0.717, 1.165) is 12.8 Å². The molecular formula is C12H15BrFNO. The predicted octanol–water partition coefficient (Wildman–Crippen LogP) is 3.12. The highest BCUT2D eigenvalue weighted by molar-refractivity contribution is 9.09. The van der Waals surface area contributed by atoms with Crippen molar-refractivity contribution < 1.29 is 9.18 Å². The highest BCUT2D eigenvalue weighted by Crippen LogP contribution is 2.09. The van der Waals surface area contributed by atoms with Crippen LogP contribution in [0.2, 0.25) is 0 Å². The predicted molar refractivity (Wildman–Crippen MR) is 66.4 cm³/mol.